The molecule has 1 fully saturated rings. The summed E-state index contributed by atoms with van der Waals surface area (Å²) in [4.78, 5) is 31.9. The van der Waals surface area contributed by atoms with E-state index >= 15 is 0 Å². The van der Waals surface area contributed by atoms with Crippen LogP contribution in [0.25, 0.3) is 22.8 Å². The molecule has 0 radical (unpaired) electrons. The lowest BCUT2D eigenvalue weighted by molar-refractivity contribution is -0.122. The van der Waals surface area contributed by atoms with Crippen LogP contribution in [0.3, 0.4) is 0 Å². The molecule has 2 amide bonds. The molecule has 0 bridgehead atoms. The van der Waals surface area contributed by atoms with Gasteiger partial charge in [-0.25, -0.2) is 0 Å². The molecule has 176 valence electrons. The first-order valence-electron chi connectivity index (χ1n) is 11.3. The number of ether oxygens (including phenoxy) is 1. The zero-order valence-corrected chi connectivity index (χ0v) is 19.4. The van der Waals surface area contributed by atoms with Crippen molar-refractivity contribution in [1.82, 2.24) is 10.1 Å². The molecule has 1 saturated heterocycles. The minimum Gasteiger partial charge on any atom is -0.497 e. The molecule has 0 aliphatic carbocycles. The van der Waals surface area contributed by atoms with E-state index in [1.807, 2.05) is 61.5 Å². The Kier molecular flexibility index (Phi) is 6.01. The van der Waals surface area contributed by atoms with Gasteiger partial charge < -0.3 is 19.5 Å². The van der Waals surface area contributed by atoms with Crippen molar-refractivity contribution >= 4 is 23.2 Å². The van der Waals surface area contributed by atoms with Crippen LogP contribution in [-0.4, -0.2) is 35.6 Å². The second-order valence-corrected chi connectivity index (χ2v) is 8.43. The van der Waals surface area contributed by atoms with E-state index in [1.165, 1.54) is 0 Å². The van der Waals surface area contributed by atoms with E-state index in [9.17, 15) is 9.59 Å². The molecular weight excluding hydrogens is 444 g/mol. The van der Waals surface area contributed by atoms with E-state index in [-0.39, 0.29) is 18.2 Å². The number of nitrogens with zero attached hydrogens (tertiary/aromatic N) is 3. The highest BCUT2D eigenvalue weighted by Crippen LogP contribution is 2.31. The van der Waals surface area contributed by atoms with Crippen LogP contribution in [-0.2, 0) is 9.59 Å². The molecule has 0 saturated carbocycles. The number of anilines is 2. The third-order valence-electron chi connectivity index (χ3n) is 6.03. The number of aromatic nitrogens is 2. The largest absolute Gasteiger partial charge is 0.497 e. The van der Waals surface area contributed by atoms with Crippen LogP contribution in [0.5, 0.6) is 5.75 Å². The van der Waals surface area contributed by atoms with Crippen molar-refractivity contribution in [2.24, 2.45) is 5.92 Å². The second-order valence-electron chi connectivity index (χ2n) is 8.43. The van der Waals surface area contributed by atoms with Crippen LogP contribution >= 0.6 is 0 Å². The highest BCUT2D eigenvalue weighted by Gasteiger charge is 2.35. The van der Waals surface area contributed by atoms with Crippen LogP contribution in [0.1, 0.15) is 12.0 Å². The number of rotatable bonds is 6. The molecule has 1 aliphatic rings. The predicted molar refractivity (Wildman–Crippen MR) is 132 cm³/mol. The lowest BCUT2D eigenvalue weighted by Crippen LogP contribution is -2.28. The van der Waals surface area contributed by atoms with E-state index in [4.69, 9.17) is 9.26 Å². The Hall–Kier alpha value is -4.46. The summed E-state index contributed by atoms with van der Waals surface area (Å²) in [5.74, 6) is 0.668. The van der Waals surface area contributed by atoms with Gasteiger partial charge in [-0.2, -0.15) is 4.98 Å². The summed E-state index contributed by atoms with van der Waals surface area (Å²) in [6.45, 7) is 2.32. The summed E-state index contributed by atoms with van der Waals surface area (Å²) in [5, 5.41) is 7.05. The minimum atomic E-state index is -0.483. The van der Waals surface area contributed by atoms with Crippen molar-refractivity contribution in [2.45, 2.75) is 13.3 Å². The number of carbonyl (C=O) groups is 2. The standard InChI is InChI=1S/C27H24N4O4/c1-17-7-9-18(10-8-17)25-29-27(35-30-25)22-5-3-4-6-23(22)28-26(33)19-15-24(32)31(16-19)20-11-13-21(34-2)14-12-20/h3-14,19H,15-16H2,1-2H3,(H,28,33). The summed E-state index contributed by atoms with van der Waals surface area (Å²) in [5.41, 5.74) is 3.88. The van der Waals surface area contributed by atoms with Crippen molar-refractivity contribution in [2.75, 3.05) is 23.9 Å². The molecule has 1 atom stereocenters. The highest BCUT2D eigenvalue weighted by molar-refractivity contribution is 6.04. The minimum absolute atomic E-state index is 0.0942. The quantitative estimate of drug-likeness (QED) is 0.440. The molecule has 1 aliphatic heterocycles. The third kappa shape index (κ3) is 4.63. The Morgan fingerprint density at radius 1 is 1.06 bits per heavy atom. The SMILES string of the molecule is COc1ccc(N2CC(C(=O)Nc3ccccc3-c3nc(-c4ccc(C)cc4)no3)CC2=O)cc1. The summed E-state index contributed by atoms with van der Waals surface area (Å²) in [6, 6.07) is 22.3. The normalized spacial score (nSPS) is 15.3. The fourth-order valence-electron chi connectivity index (χ4n) is 4.06. The number of para-hydroxylation sites is 1. The Bertz CT molecular complexity index is 1360. The summed E-state index contributed by atoms with van der Waals surface area (Å²) in [6.07, 6.45) is 0.137. The van der Waals surface area contributed by atoms with Gasteiger partial charge in [0.25, 0.3) is 5.89 Å². The molecular formula is C27H24N4O4. The maximum absolute atomic E-state index is 13.1. The molecule has 1 N–H and O–H groups in total. The lowest BCUT2D eigenvalue weighted by atomic mass is 10.1. The number of methoxy groups -OCH3 is 1. The number of amides is 2. The number of aryl methyl sites for hydroxylation is 1. The molecule has 3 aromatic carbocycles. The van der Waals surface area contributed by atoms with Crippen LogP contribution in [0, 0.1) is 12.8 Å². The van der Waals surface area contributed by atoms with E-state index in [0.29, 0.717) is 35.3 Å². The van der Waals surface area contributed by atoms with Crippen LogP contribution in [0.15, 0.2) is 77.3 Å². The van der Waals surface area contributed by atoms with Gasteiger partial charge in [-0.1, -0.05) is 47.1 Å². The van der Waals surface area contributed by atoms with Gasteiger partial charge in [-0.05, 0) is 43.3 Å². The van der Waals surface area contributed by atoms with E-state index in [0.717, 1.165) is 16.8 Å². The van der Waals surface area contributed by atoms with Crippen LogP contribution < -0.4 is 15.0 Å². The van der Waals surface area contributed by atoms with Crippen molar-refractivity contribution < 1.29 is 18.8 Å². The number of hydrogen-bond acceptors (Lipinski definition) is 6. The smallest absolute Gasteiger partial charge is 0.260 e. The molecule has 2 heterocycles. The second kappa shape index (κ2) is 9.42. The average molecular weight is 469 g/mol. The molecule has 1 unspecified atom stereocenters. The number of nitrogens with one attached hydrogen (secondary N) is 1. The Labute approximate surface area is 202 Å². The molecule has 5 rings (SSSR count). The van der Waals surface area contributed by atoms with Crippen LogP contribution in [0.4, 0.5) is 11.4 Å². The van der Waals surface area contributed by atoms with Crippen LogP contribution in [0.2, 0.25) is 0 Å². The number of carbonyl (C=O) groups excluding carboxylic acids is 2. The first-order valence-corrected chi connectivity index (χ1v) is 11.3. The maximum Gasteiger partial charge on any atom is 0.260 e. The first kappa shape index (κ1) is 22.3. The monoisotopic (exact) mass is 468 g/mol. The van der Waals surface area contributed by atoms with Gasteiger partial charge in [0.05, 0.1) is 24.3 Å². The van der Waals surface area contributed by atoms with Gasteiger partial charge in [0.1, 0.15) is 5.75 Å². The summed E-state index contributed by atoms with van der Waals surface area (Å²) < 4.78 is 10.7. The van der Waals surface area contributed by atoms with Gasteiger partial charge in [0.2, 0.25) is 17.6 Å². The Balaban J connectivity index is 1.32. The van der Waals surface area contributed by atoms with Gasteiger partial charge in [-0.3, -0.25) is 9.59 Å². The number of benzene rings is 3. The van der Waals surface area contributed by atoms with E-state index < -0.39 is 5.92 Å². The van der Waals surface area contributed by atoms with Crippen molar-refractivity contribution in [3.8, 4) is 28.6 Å². The van der Waals surface area contributed by atoms with Gasteiger partial charge >= 0.3 is 0 Å². The predicted octanol–water partition coefficient (Wildman–Crippen LogP) is 4.71. The lowest BCUT2D eigenvalue weighted by Gasteiger charge is -2.17. The molecule has 4 aromatic rings. The van der Waals surface area contributed by atoms with Gasteiger partial charge in [0, 0.05) is 24.2 Å². The summed E-state index contributed by atoms with van der Waals surface area (Å²) >= 11 is 0. The highest BCUT2D eigenvalue weighted by atomic mass is 16.5. The number of hydrogen-bond donors (Lipinski definition) is 1. The average Bonchev–Trinajstić information content (AvgIpc) is 3.52. The molecule has 35 heavy (non-hydrogen) atoms. The van der Waals surface area contributed by atoms with Crippen molar-refractivity contribution in [3.05, 3.63) is 78.4 Å². The maximum atomic E-state index is 13.1. The van der Waals surface area contributed by atoms with E-state index in [2.05, 4.69) is 15.5 Å². The Morgan fingerprint density at radius 3 is 2.54 bits per heavy atom. The fourth-order valence-corrected chi connectivity index (χ4v) is 4.06. The third-order valence-corrected chi connectivity index (χ3v) is 6.03. The molecule has 0 spiro atoms. The molecule has 8 heteroatoms. The zero-order chi connectivity index (χ0) is 24.4. The van der Waals surface area contributed by atoms with E-state index in [1.54, 1.807) is 30.2 Å². The zero-order valence-electron chi connectivity index (χ0n) is 19.4. The fraction of sp³-hybridized carbons (Fsp3) is 0.185. The van der Waals surface area contributed by atoms with Crippen molar-refractivity contribution in [3.63, 3.8) is 0 Å². The van der Waals surface area contributed by atoms with Crippen molar-refractivity contribution in [1.29, 1.82) is 0 Å². The molecule has 8 nitrogen and oxygen atoms in total. The van der Waals surface area contributed by atoms with Gasteiger partial charge in [0.15, 0.2) is 0 Å². The Morgan fingerprint density at radius 2 is 1.80 bits per heavy atom. The topological polar surface area (TPSA) is 97.6 Å². The van der Waals surface area contributed by atoms with Gasteiger partial charge in [-0.15, -0.1) is 0 Å². The first-order chi connectivity index (χ1) is 17.0. The summed E-state index contributed by atoms with van der Waals surface area (Å²) in [7, 11) is 1.59. The molecule has 1 aromatic heterocycles.